The third-order valence-electron chi connectivity index (χ3n) is 5.19. The highest BCUT2D eigenvalue weighted by atomic mass is 16.3. The van der Waals surface area contributed by atoms with Crippen molar-refractivity contribution in [1.82, 2.24) is 24.3 Å². The Balaban J connectivity index is 1.82. The number of aromatic nitrogens is 5. The summed E-state index contributed by atoms with van der Waals surface area (Å²) in [5, 5.41) is 19.8. The number of rotatable bonds is 3. The Morgan fingerprint density at radius 2 is 1.87 bits per heavy atom. The number of H-pyrrole nitrogens is 1. The first-order valence-electron chi connectivity index (χ1n) is 9.50. The van der Waals surface area contributed by atoms with E-state index in [2.05, 4.69) is 21.0 Å². The second-order valence-corrected chi connectivity index (χ2v) is 7.62. The van der Waals surface area contributed by atoms with Gasteiger partial charge in [0.1, 0.15) is 11.9 Å². The molecule has 0 saturated carbocycles. The molecule has 0 spiro atoms. The second-order valence-electron chi connectivity index (χ2n) is 7.62. The highest BCUT2D eigenvalue weighted by molar-refractivity contribution is 5.88. The molecule has 0 bridgehead atoms. The predicted octanol–water partition coefficient (Wildman–Crippen LogP) is 4.04. The minimum absolute atomic E-state index is 0.314. The van der Waals surface area contributed by atoms with Crippen molar-refractivity contribution in [2.45, 2.75) is 19.4 Å². The van der Waals surface area contributed by atoms with E-state index in [4.69, 9.17) is 4.98 Å². The van der Waals surface area contributed by atoms with Crippen LogP contribution < -0.4 is 0 Å². The smallest absolute Gasteiger partial charge is 0.154 e. The van der Waals surface area contributed by atoms with Crippen molar-refractivity contribution in [3.8, 4) is 28.7 Å². The fourth-order valence-electron chi connectivity index (χ4n) is 3.66. The first-order valence-corrected chi connectivity index (χ1v) is 9.50. The summed E-state index contributed by atoms with van der Waals surface area (Å²) in [7, 11) is 0. The minimum atomic E-state index is -0.920. The molecule has 5 aromatic rings. The van der Waals surface area contributed by atoms with Gasteiger partial charge in [-0.2, -0.15) is 5.26 Å². The molecule has 0 fully saturated rings. The van der Waals surface area contributed by atoms with Gasteiger partial charge in [-0.3, -0.25) is 4.40 Å². The van der Waals surface area contributed by atoms with Crippen LogP contribution in [0.4, 0.5) is 0 Å². The molecule has 7 heteroatoms. The van der Waals surface area contributed by atoms with Gasteiger partial charge in [0.15, 0.2) is 11.3 Å². The van der Waals surface area contributed by atoms with Crippen LogP contribution in [0.3, 0.4) is 0 Å². The Bertz CT molecular complexity index is 1430. The Morgan fingerprint density at radius 3 is 2.60 bits per heavy atom. The Hall–Kier alpha value is -4.02. The third kappa shape index (κ3) is 2.74. The number of nitrogens with zero attached hydrogens (tertiary/aromatic N) is 5. The largest absolute Gasteiger partial charge is 0.386 e. The topological polar surface area (TPSA) is 103 Å². The second kappa shape index (κ2) is 6.51. The van der Waals surface area contributed by atoms with Gasteiger partial charge in [-0.15, -0.1) is 0 Å². The number of imidazole rings is 1. The van der Waals surface area contributed by atoms with Crippen molar-refractivity contribution in [3.05, 3.63) is 72.3 Å². The first-order chi connectivity index (χ1) is 14.5. The first kappa shape index (κ1) is 18.0. The highest BCUT2D eigenvalue weighted by Crippen LogP contribution is 2.33. The zero-order chi connectivity index (χ0) is 20.9. The van der Waals surface area contributed by atoms with E-state index in [0.717, 1.165) is 33.5 Å². The summed E-state index contributed by atoms with van der Waals surface area (Å²) in [6, 6.07) is 15.4. The zero-order valence-corrected chi connectivity index (χ0v) is 16.5. The molecule has 0 aliphatic heterocycles. The number of hydrogen-bond donors (Lipinski definition) is 2. The number of benzene rings is 1. The summed E-state index contributed by atoms with van der Waals surface area (Å²) >= 11 is 0. The van der Waals surface area contributed by atoms with Gasteiger partial charge in [-0.1, -0.05) is 24.3 Å². The van der Waals surface area contributed by atoms with Gasteiger partial charge in [0.25, 0.3) is 0 Å². The quantitative estimate of drug-likeness (QED) is 0.481. The maximum Gasteiger partial charge on any atom is 0.154 e. The molecule has 0 atom stereocenters. The molecule has 146 valence electrons. The van der Waals surface area contributed by atoms with Crippen molar-refractivity contribution in [3.63, 3.8) is 0 Å². The maximum absolute atomic E-state index is 10.3. The van der Waals surface area contributed by atoms with Gasteiger partial charge in [0, 0.05) is 18.0 Å². The molecule has 0 radical (unpaired) electrons. The van der Waals surface area contributed by atoms with Crippen molar-refractivity contribution in [1.29, 1.82) is 5.26 Å². The predicted molar refractivity (Wildman–Crippen MR) is 113 cm³/mol. The standard InChI is InChI=1S/C23H18N6O/c1-23(2,30)15-7-5-14(6-8-15)20-19-13-27-21-18(9-11-26-21)29(19)22(28-20)16-4-3-10-25-17(16)12-24/h3-11,13,26,30H,1-2H3. The average molecular weight is 394 g/mol. The highest BCUT2D eigenvalue weighted by Gasteiger charge is 2.21. The van der Waals surface area contributed by atoms with Crippen LogP contribution in [0, 0.1) is 11.3 Å². The summed E-state index contributed by atoms with van der Waals surface area (Å²) in [6.07, 6.45) is 5.20. The summed E-state index contributed by atoms with van der Waals surface area (Å²) < 4.78 is 2.00. The molecular formula is C23H18N6O. The molecule has 30 heavy (non-hydrogen) atoms. The van der Waals surface area contributed by atoms with Crippen LogP contribution in [0.15, 0.2) is 61.1 Å². The summed E-state index contributed by atoms with van der Waals surface area (Å²) in [4.78, 5) is 16.8. The Kier molecular flexibility index (Phi) is 3.91. The summed E-state index contributed by atoms with van der Waals surface area (Å²) in [5.74, 6) is 0.628. The van der Waals surface area contributed by atoms with Gasteiger partial charge < -0.3 is 10.1 Å². The third-order valence-corrected chi connectivity index (χ3v) is 5.19. The lowest BCUT2D eigenvalue weighted by Gasteiger charge is -2.17. The van der Waals surface area contributed by atoms with E-state index in [1.807, 2.05) is 47.0 Å². The van der Waals surface area contributed by atoms with E-state index in [-0.39, 0.29) is 0 Å². The summed E-state index contributed by atoms with van der Waals surface area (Å²) in [6.45, 7) is 3.51. The van der Waals surface area contributed by atoms with Crippen LogP contribution in [-0.2, 0) is 5.60 Å². The molecule has 7 nitrogen and oxygen atoms in total. The van der Waals surface area contributed by atoms with E-state index in [9.17, 15) is 10.4 Å². The lowest BCUT2D eigenvalue weighted by molar-refractivity contribution is 0.0786. The number of nitriles is 1. The average Bonchev–Trinajstić information content (AvgIpc) is 3.37. The van der Waals surface area contributed by atoms with Gasteiger partial charge in [0.2, 0.25) is 0 Å². The molecule has 5 rings (SSSR count). The normalized spacial score (nSPS) is 11.8. The van der Waals surface area contributed by atoms with E-state index in [0.29, 0.717) is 17.1 Å². The lowest BCUT2D eigenvalue weighted by atomic mass is 9.97. The molecule has 0 aliphatic carbocycles. The number of fused-ring (bicyclic) bond motifs is 3. The van der Waals surface area contributed by atoms with Gasteiger partial charge in [0.05, 0.1) is 34.1 Å². The molecule has 2 N–H and O–H groups in total. The number of pyridine rings is 1. The number of aromatic amines is 1. The van der Waals surface area contributed by atoms with Crippen LogP contribution in [-0.4, -0.2) is 29.4 Å². The van der Waals surface area contributed by atoms with Gasteiger partial charge in [-0.25, -0.2) is 15.0 Å². The monoisotopic (exact) mass is 394 g/mol. The fraction of sp³-hybridized carbons (Fsp3) is 0.130. The maximum atomic E-state index is 10.3. The molecule has 0 aliphatic rings. The van der Waals surface area contributed by atoms with Gasteiger partial charge in [-0.05, 0) is 37.6 Å². The minimum Gasteiger partial charge on any atom is -0.386 e. The molecule has 4 aromatic heterocycles. The van der Waals surface area contributed by atoms with Crippen LogP contribution in [0.5, 0.6) is 0 Å². The van der Waals surface area contributed by atoms with Crippen LogP contribution >= 0.6 is 0 Å². The zero-order valence-electron chi connectivity index (χ0n) is 16.5. The molecule has 0 saturated heterocycles. The van der Waals surface area contributed by atoms with Gasteiger partial charge >= 0.3 is 0 Å². The molecule has 0 amide bonds. The number of nitrogens with one attached hydrogen (secondary N) is 1. The van der Waals surface area contributed by atoms with E-state index >= 15 is 0 Å². The number of hydrogen-bond acceptors (Lipinski definition) is 5. The van der Waals surface area contributed by atoms with E-state index < -0.39 is 5.60 Å². The van der Waals surface area contributed by atoms with Crippen LogP contribution in [0.25, 0.3) is 39.3 Å². The van der Waals surface area contributed by atoms with Crippen molar-refractivity contribution in [2.75, 3.05) is 0 Å². The van der Waals surface area contributed by atoms with Crippen molar-refractivity contribution < 1.29 is 5.11 Å². The van der Waals surface area contributed by atoms with Crippen LogP contribution in [0.2, 0.25) is 0 Å². The summed E-state index contributed by atoms with van der Waals surface area (Å²) in [5.41, 5.74) is 4.92. The van der Waals surface area contributed by atoms with Crippen LogP contribution in [0.1, 0.15) is 25.1 Å². The lowest BCUT2D eigenvalue weighted by Crippen LogP contribution is -2.14. The molecule has 4 heterocycles. The van der Waals surface area contributed by atoms with E-state index in [1.54, 1.807) is 32.3 Å². The van der Waals surface area contributed by atoms with Crippen molar-refractivity contribution >= 4 is 16.7 Å². The van der Waals surface area contributed by atoms with E-state index in [1.165, 1.54) is 0 Å². The Labute approximate surface area is 172 Å². The fourth-order valence-corrected chi connectivity index (χ4v) is 3.66. The molecule has 0 unspecified atom stereocenters. The Morgan fingerprint density at radius 1 is 1.07 bits per heavy atom. The number of aliphatic hydroxyl groups is 1. The van der Waals surface area contributed by atoms with Crippen molar-refractivity contribution in [2.24, 2.45) is 0 Å². The molecular weight excluding hydrogens is 376 g/mol. The molecule has 1 aromatic carbocycles. The SMILES string of the molecule is CC(C)(O)c1ccc(-c2nc(-c3cccnc3C#N)n3c2cnc2[nH]ccc23)cc1.